The Kier molecular flexibility index (Phi) is 4.71. The number of carbonyl (C=O) groups is 1. The molecule has 1 aromatic carbocycles. The van der Waals surface area contributed by atoms with Crippen molar-refractivity contribution in [2.75, 3.05) is 19.0 Å². The summed E-state index contributed by atoms with van der Waals surface area (Å²) >= 11 is 0. The van der Waals surface area contributed by atoms with Crippen LogP contribution in [-0.4, -0.2) is 30.2 Å². The molecule has 128 valence electrons. The van der Waals surface area contributed by atoms with E-state index in [1.165, 1.54) is 0 Å². The molecule has 1 N–H and O–H groups in total. The normalized spacial score (nSPS) is 16.6. The van der Waals surface area contributed by atoms with Gasteiger partial charge in [0.05, 0.1) is 12.8 Å². The Morgan fingerprint density at radius 2 is 2.17 bits per heavy atom. The van der Waals surface area contributed by atoms with Gasteiger partial charge in [-0.05, 0) is 56.4 Å². The van der Waals surface area contributed by atoms with E-state index in [1.54, 1.807) is 13.3 Å². The summed E-state index contributed by atoms with van der Waals surface area (Å²) in [6.45, 7) is 4.54. The Morgan fingerprint density at radius 1 is 1.38 bits per heavy atom. The first-order valence-corrected chi connectivity index (χ1v) is 8.47. The van der Waals surface area contributed by atoms with Gasteiger partial charge in [0.1, 0.15) is 16.9 Å². The second-order valence-corrected chi connectivity index (χ2v) is 6.40. The minimum atomic E-state index is -0.773. The topological polar surface area (TPSA) is 60.5 Å². The third kappa shape index (κ3) is 3.08. The molecule has 1 unspecified atom stereocenters. The lowest BCUT2D eigenvalue weighted by molar-refractivity contribution is -0.142. The second-order valence-electron chi connectivity index (χ2n) is 6.40. The molecular formula is C19H24N2O3. The number of nitrogens with zero attached hydrogens (tertiary/aromatic N) is 1. The number of rotatable bonds is 7. The van der Waals surface area contributed by atoms with Crippen molar-refractivity contribution in [1.29, 1.82) is 0 Å². The molecule has 3 rings (SSSR count). The highest BCUT2D eigenvalue weighted by molar-refractivity contribution is 6.05. The standard InChI is InChI=1S/C19H24N2O3/c1-4-12-24-19(2,13-7-8-13)18(22)21-15-9-10-16(23-3)17-14(15)6-5-11-20-17/h5-6,9-11,13H,4,7-8,12H2,1-3H3,(H,21,22). The maximum Gasteiger partial charge on any atom is 0.256 e. The molecule has 2 aromatic rings. The number of methoxy groups -OCH3 is 1. The quantitative estimate of drug-likeness (QED) is 0.840. The molecule has 1 aliphatic rings. The van der Waals surface area contributed by atoms with Gasteiger partial charge in [-0.2, -0.15) is 0 Å². The summed E-state index contributed by atoms with van der Waals surface area (Å²) in [5, 5.41) is 3.91. The number of hydrogen-bond acceptors (Lipinski definition) is 4. The second kappa shape index (κ2) is 6.77. The lowest BCUT2D eigenvalue weighted by Gasteiger charge is -2.29. The highest BCUT2D eigenvalue weighted by Gasteiger charge is 2.48. The molecule has 1 atom stereocenters. The molecule has 1 aromatic heterocycles. The van der Waals surface area contributed by atoms with Gasteiger partial charge < -0.3 is 14.8 Å². The predicted molar refractivity (Wildman–Crippen MR) is 94.3 cm³/mol. The fraction of sp³-hybridized carbons (Fsp3) is 0.474. The van der Waals surface area contributed by atoms with E-state index in [9.17, 15) is 4.79 Å². The summed E-state index contributed by atoms with van der Waals surface area (Å²) in [5.74, 6) is 0.899. The molecule has 0 saturated heterocycles. The highest BCUT2D eigenvalue weighted by atomic mass is 16.5. The Labute approximate surface area is 142 Å². The Hall–Kier alpha value is -2.14. The fourth-order valence-corrected chi connectivity index (χ4v) is 2.98. The van der Waals surface area contributed by atoms with Crippen molar-refractivity contribution in [3.05, 3.63) is 30.5 Å². The van der Waals surface area contributed by atoms with E-state index in [2.05, 4.69) is 10.3 Å². The van der Waals surface area contributed by atoms with E-state index in [-0.39, 0.29) is 5.91 Å². The molecule has 5 nitrogen and oxygen atoms in total. The van der Waals surface area contributed by atoms with Gasteiger partial charge in [-0.15, -0.1) is 0 Å². The average Bonchev–Trinajstić information content (AvgIpc) is 3.45. The van der Waals surface area contributed by atoms with Gasteiger partial charge in [0.2, 0.25) is 0 Å². The van der Waals surface area contributed by atoms with Gasteiger partial charge in [-0.25, -0.2) is 0 Å². The zero-order chi connectivity index (χ0) is 17.2. The van der Waals surface area contributed by atoms with E-state index in [4.69, 9.17) is 9.47 Å². The van der Waals surface area contributed by atoms with Crippen molar-refractivity contribution >= 4 is 22.5 Å². The predicted octanol–water partition coefficient (Wildman–Crippen LogP) is 3.78. The number of fused-ring (bicyclic) bond motifs is 1. The molecule has 5 heteroatoms. The molecule has 0 spiro atoms. The summed E-state index contributed by atoms with van der Waals surface area (Å²) in [4.78, 5) is 17.3. The first kappa shape index (κ1) is 16.7. The first-order chi connectivity index (χ1) is 11.6. The van der Waals surface area contributed by atoms with Crippen LogP contribution < -0.4 is 10.1 Å². The van der Waals surface area contributed by atoms with Crippen molar-refractivity contribution in [1.82, 2.24) is 4.98 Å². The maximum absolute atomic E-state index is 12.9. The van der Waals surface area contributed by atoms with Crippen LogP contribution in [0.4, 0.5) is 5.69 Å². The van der Waals surface area contributed by atoms with Crippen LogP contribution in [0.5, 0.6) is 5.75 Å². The molecule has 1 amide bonds. The van der Waals surface area contributed by atoms with E-state index < -0.39 is 5.60 Å². The zero-order valence-corrected chi connectivity index (χ0v) is 14.5. The van der Waals surface area contributed by atoms with Gasteiger partial charge in [0.15, 0.2) is 0 Å². The van der Waals surface area contributed by atoms with Crippen LogP contribution in [0.15, 0.2) is 30.5 Å². The van der Waals surface area contributed by atoms with Gasteiger partial charge in [-0.3, -0.25) is 9.78 Å². The van der Waals surface area contributed by atoms with Crippen molar-refractivity contribution in [2.45, 2.75) is 38.7 Å². The van der Waals surface area contributed by atoms with Crippen LogP contribution in [0, 0.1) is 5.92 Å². The maximum atomic E-state index is 12.9. The number of carbonyl (C=O) groups excluding carboxylic acids is 1. The SMILES string of the molecule is CCCOC(C)(C(=O)Nc1ccc(OC)c2ncccc12)C1CC1. The minimum absolute atomic E-state index is 0.0891. The summed E-state index contributed by atoms with van der Waals surface area (Å²) in [7, 11) is 1.62. The molecular weight excluding hydrogens is 304 g/mol. The summed E-state index contributed by atoms with van der Waals surface area (Å²) in [6, 6.07) is 7.47. The molecule has 1 heterocycles. The van der Waals surface area contributed by atoms with E-state index in [0.29, 0.717) is 18.3 Å². The van der Waals surface area contributed by atoms with Crippen LogP contribution in [-0.2, 0) is 9.53 Å². The lowest BCUT2D eigenvalue weighted by Crippen LogP contribution is -2.45. The van der Waals surface area contributed by atoms with Crippen LogP contribution in [0.2, 0.25) is 0 Å². The largest absolute Gasteiger partial charge is 0.494 e. The minimum Gasteiger partial charge on any atom is -0.494 e. The van der Waals surface area contributed by atoms with E-state index >= 15 is 0 Å². The molecule has 0 aliphatic heterocycles. The molecule has 1 aliphatic carbocycles. The smallest absolute Gasteiger partial charge is 0.256 e. The van der Waals surface area contributed by atoms with Crippen molar-refractivity contribution in [3.63, 3.8) is 0 Å². The third-order valence-corrected chi connectivity index (χ3v) is 4.61. The van der Waals surface area contributed by atoms with E-state index in [0.717, 1.165) is 35.9 Å². The Balaban J connectivity index is 1.90. The van der Waals surface area contributed by atoms with Gasteiger partial charge in [0.25, 0.3) is 5.91 Å². The summed E-state index contributed by atoms with van der Waals surface area (Å²) in [6.07, 6.45) is 4.69. The number of benzene rings is 1. The van der Waals surface area contributed by atoms with Gasteiger partial charge in [0, 0.05) is 18.2 Å². The highest BCUT2D eigenvalue weighted by Crippen LogP contribution is 2.43. The van der Waals surface area contributed by atoms with Crippen molar-refractivity contribution in [2.24, 2.45) is 5.92 Å². The van der Waals surface area contributed by atoms with Crippen LogP contribution in [0.3, 0.4) is 0 Å². The number of amides is 1. The number of hydrogen-bond donors (Lipinski definition) is 1. The Bertz CT molecular complexity index is 742. The molecule has 24 heavy (non-hydrogen) atoms. The number of ether oxygens (including phenoxy) is 2. The monoisotopic (exact) mass is 328 g/mol. The summed E-state index contributed by atoms with van der Waals surface area (Å²) in [5.41, 5.74) is 0.695. The molecule has 0 radical (unpaired) electrons. The van der Waals surface area contributed by atoms with Crippen LogP contribution in [0.25, 0.3) is 10.9 Å². The van der Waals surface area contributed by atoms with E-state index in [1.807, 2.05) is 38.1 Å². The molecule has 0 bridgehead atoms. The Morgan fingerprint density at radius 3 is 2.83 bits per heavy atom. The molecule has 1 saturated carbocycles. The van der Waals surface area contributed by atoms with Crippen LogP contribution >= 0.6 is 0 Å². The van der Waals surface area contributed by atoms with Crippen LogP contribution in [0.1, 0.15) is 33.1 Å². The number of pyridine rings is 1. The number of anilines is 1. The number of nitrogens with one attached hydrogen (secondary N) is 1. The van der Waals surface area contributed by atoms with Crippen molar-refractivity contribution < 1.29 is 14.3 Å². The fourth-order valence-electron chi connectivity index (χ4n) is 2.98. The van der Waals surface area contributed by atoms with Gasteiger partial charge in [-0.1, -0.05) is 6.92 Å². The first-order valence-electron chi connectivity index (χ1n) is 8.47. The zero-order valence-electron chi connectivity index (χ0n) is 14.5. The number of aromatic nitrogens is 1. The van der Waals surface area contributed by atoms with Gasteiger partial charge >= 0.3 is 0 Å². The molecule has 1 fully saturated rings. The average molecular weight is 328 g/mol. The lowest BCUT2D eigenvalue weighted by atomic mass is 9.98. The van der Waals surface area contributed by atoms with Crippen molar-refractivity contribution in [3.8, 4) is 5.75 Å². The summed E-state index contributed by atoms with van der Waals surface area (Å²) < 4.78 is 11.3. The third-order valence-electron chi connectivity index (χ3n) is 4.61.